The van der Waals surface area contributed by atoms with E-state index in [4.69, 9.17) is 10.5 Å². The Morgan fingerprint density at radius 3 is 2.94 bits per heavy atom. The number of nitrogens with one attached hydrogen (secondary N) is 2. The first-order valence-corrected chi connectivity index (χ1v) is 6.33. The molecule has 0 aromatic carbocycles. The molecule has 2 rings (SSSR count). The summed E-state index contributed by atoms with van der Waals surface area (Å²) in [6, 6.07) is 0. The molecule has 0 unspecified atom stereocenters. The Balaban J connectivity index is 2.10. The molecule has 1 fully saturated rings. The van der Waals surface area contributed by atoms with E-state index in [2.05, 4.69) is 15.5 Å². The van der Waals surface area contributed by atoms with Gasteiger partial charge in [-0.15, -0.1) is 0 Å². The minimum absolute atomic E-state index is 0.0350. The van der Waals surface area contributed by atoms with Crippen molar-refractivity contribution in [3.63, 3.8) is 0 Å². The van der Waals surface area contributed by atoms with E-state index in [1.165, 1.54) is 0 Å². The summed E-state index contributed by atoms with van der Waals surface area (Å²) in [4.78, 5) is 12.4. The number of hydrogen-bond donors (Lipinski definition) is 3. The van der Waals surface area contributed by atoms with Crippen LogP contribution >= 0.6 is 0 Å². The Morgan fingerprint density at radius 2 is 2.33 bits per heavy atom. The summed E-state index contributed by atoms with van der Waals surface area (Å²) in [7, 11) is 0. The lowest BCUT2D eigenvalue weighted by Crippen LogP contribution is -2.46. The molecule has 6 nitrogen and oxygen atoms in total. The number of rotatable bonds is 4. The Bertz CT molecular complexity index is 410. The summed E-state index contributed by atoms with van der Waals surface area (Å²) in [5.41, 5.74) is 6.29. The van der Waals surface area contributed by atoms with Crippen molar-refractivity contribution >= 4 is 11.7 Å². The van der Waals surface area contributed by atoms with Crippen LogP contribution in [0.15, 0.2) is 6.20 Å². The number of carbonyl (C=O) groups is 1. The van der Waals surface area contributed by atoms with Gasteiger partial charge in [0.05, 0.1) is 11.6 Å². The molecule has 0 spiro atoms. The molecule has 1 amide bonds. The van der Waals surface area contributed by atoms with Gasteiger partial charge < -0.3 is 15.8 Å². The monoisotopic (exact) mass is 252 g/mol. The zero-order chi connectivity index (χ0) is 13.0. The van der Waals surface area contributed by atoms with Crippen molar-refractivity contribution in [2.75, 3.05) is 25.1 Å². The average Bonchev–Trinajstić information content (AvgIpc) is 2.86. The number of aromatic nitrogens is 2. The number of H-pyrrole nitrogens is 1. The van der Waals surface area contributed by atoms with Gasteiger partial charge in [0.15, 0.2) is 0 Å². The molecule has 0 aliphatic carbocycles. The molecule has 0 saturated carbocycles. The Morgan fingerprint density at radius 1 is 1.61 bits per heavy atom. The van der Waals surface area contributed by atoms with Crippen molar-refractivity contribution in [1.29, 1.82) is 0 Å². The smallest absolute Gasteiger partial charge is 0.233 e. The molecule has 2 heterocycles. The highest BCUT2D eigenvalue weighted by Gasteiger charge is 2.39. The fourth-order valence-corrected chi connectivity index (χ4v) is 2.22. The lowest BCUT2D eigenvalue weighted by Gasteiger charge is -2.34. The van der Waals surface area contributed by atoms with E-state index in [1.54, 1.807) is 6.20 Å². The second kappa shape index (κ2) is 5.49. The summed E-state index contributed by atoms with van der Waals surface area (Å²) in [6.45, 7) is 3.55. The van der Waals surface area contributed by atoms with Crippen LogP contribution in [0.2, 0.25) is 0 Å². The average molecular weight is 252 g/mol. The second-order valence-electron chi connectivity index (χ2n) is 4.67. The van der Waals surface area contributed by atoms with E-state index in [9.17, 15) is 4.79 Å². The maximum atomic E-state index is 12.4. The van der Waals surface area contributed by atoms with Gasteiger partial charge in [-0.25, -0.2) is 0 Å². The quantitative estimate of drug-likeness (QED) is 0.734. The number of aryl methyl sites for hydroxylation is 1. The van der Waals surface area contributed by atoms with Crippen molar-refractivity contribution in [2.45, 2.75) is 26.2 Å². The van der Waals surface area contributed by atoms with Crippen molar-refractivity contribution in [3.8, 4) is 0 Å². The number of nitrogens with zero attached hydrogens (tertiary/aromatic N) is 1. The molecule has 4 N–H and O–H groups in total. The van der Waals surface area contributed by atoms with Crippen LogP contribution in [0.25, 0.3) is 0 Å². The van der Waals surface area contributed by atoms with Crippen LogP contribution in [0.4, 0.5) is 5.82 Å². The molecule has 1 saturated heterocycles. The minimum Gasteiger partial charge on any atom is -0.381 e. The predicted molar refractivity (Wildman–Crippen MR) is 68.1 cm³/mol. The van der Waals surface area contributed by atoms with Crippen molar-refractivity contribution in [3.05, 3.63) is 11.8 Å². The molecule has 1 aromatic rings. The number of aromatic amines is 1. The van der Waals surface area contributed by atoms with Crippen LogP contribution in [0, 0.1) is 5.41 Å². The third-order valence-electron chi connectivity index (χ3n) is 3.66. The predicted octanol–water partition coefficient (Wildman–Crippen LogP) is 0.666. The Hall–Kier alpha value is -1.40. The van der Waals surface area contributed by atoms with Gasteiger partial charge >= 0.3 is 0 Å². The number of anilines is 1. The van der Waals surface area contributed by atoms with Crippen molar-refractivity contribution in [1.82, 2.24) is 10.2 Å². The zero-order valence-corrected chi connectivity index (χ0v) is 10.7. The van der Waals surface area contributed by atoms with Crippen LogP contribution in [-0.2, 0) is 16.0 Å². The highest BCUT2D eigenvalue weighted by Crippen LogP contribution is 2.31. The number of ether oxygens (including phenoxy) is 1. The summed E-state index contributed by atoms with van der Waals surface area (Å²) in [5.74, 6) is 0.647. The number of nitrogens with two attached hydrogens (primary N) is 1. The third kappa shape index (κ3) is 2.39. The van der Waals surface area contributed by atoms with E-state index in [-0.39, 0.29) is 5.91 Å². The van der Waals surface area contributed by atoms with Crippen LogP contribution in [0.5, 0.6) is 0 Å². The molecular weight excluding hydrogens is 232 g/mol. The van der Waals surface area contributed by atoms with Gasteiger partial charge in [-0.2, -0.15) is 5.10 Å². The first-order chi connectivity index (χ1) is 8.72. The standard InChI is InChI=1S/C12H20N4O2/c1-2-9-7-14-16-10(9)15-11(17)12(8-13)3-5-18-6-4-12/h7H,2-6,8,13H2,1H3,(H2,14,15,16,17). The van der Waals surface area contributed by atoms with Crippen molar-refractivity contribution < 1.29 is 9.53 Å². The van der Waals surface area contributed by atoms with E-state index in [1.807, 2.05) is 6.92 Å². The second-order valence-corrected chi connectivity index (χ2v) is 4.67. The first-order valence-electron chi connectivity index (χ1n) is 6.33. The molecule has 0 radical (unpaired) electrons. The van der Waals surface area contributed by atoms with Crippen LogP contribution in [0.3, 0.4) is 0 Å². The molecule has 6 heteroatoms. The molecule has 18 heavy (non-hydrogen) atoms. The van der Waals surface area contributed by atoms with Crippen molar-refractivity contribution in [2.24, 2.45) is 11.1 Å². The topological polar surface area (TPSA) is 93.0 Å². The lowest BCUT2D eigenvalue weighted by atomic mass is 9.79. The summed E-state index contributed by atoms with van der Waals surface area (Å²) < 4.78 is 5.30. The van der Waals surface area contributed by atoms with Crippen LogP contribution in [-0.4, -0.2) is 35.9 Å². The van der Waals surface area contributed by atoms with E-state index >= 15 is 0 Å². The van der Waals surface area contributed by atoms with Gasteiger partial charge in [0.2, 0.25) is 5.91 Å². The molecular formula is C12H20N4O2. The van der Waals surface area contributed by atoms with Gasteiger partial charge in [0, 0.05) is 25.3 Å². The largest absolute Gasteiger partial charge is 0.381 e. The fraction of sp³-hybridized carbons (Fsp3) is 0.667. The molecule has 100 valence electrons. The highest BCUT2D eigenvalue weighted by atomic mass is 16.5. The lowest BCUT2D eigenvalue weighted by molar-refractivity contribution is -0.130. The van der Waals surface area contributed by atoms with E-state index in [0.717, 1.165) is 12.0 Å². The van der Waals surface area contributed by atoms with Gasteiger partial charge in [0.1, 0.15) is 5.82 Å². The van der Waals surface area contributed by atoms with Crippen LogP contribution in [0.1, 0.15) is 25.3 Å². The highest BCUT2D eigenvalue weighted by molar-refractivity contribution is 5.95. The minimum atomic E-state index is -0.506. The maximum Gasteiger partial charge on any atom is 0.233 e. The normalized spacial score (nSPS) is 18.6. The molecule has 0 atom stereocenters. The molecule has 1 aliphatic heterocycles. The fourth-order valence-electron chi connectivity index (χ4n) is 2.22. The van der Waals surface area contributed by atoms with Gasteiger partial charge in [-0.1, -0.05) is 6.92 Å². The maximum absolute atomic E-state index is 12.4. The summed E-state index contributed by atoms with van der Waals surface area (Å²) in [6.07, 6.45) is 3.90. The summed E-state index contributed by atoms with van der Waals surface area (Å²) >= 11 is 0. The Kier molecular flexibility index (Phi) is 3.98. The van der Waals surface area contributed by atoms with Crippen LogP contribution < -0.4 is 11.1 Å². The summed E-state index contributed by atoms with van der Waals surface area (Å²) in [5, 5.41) is 9.67. The molecule has 1 aliphatic rings. The third-order valence-corrected chi connectivity index (χ3v) is 3.66. The van der Waals surface area contributed by atoms with Gasteiger partial charge in [-0.3, -0.25) is 9.89 Å². The molecule has 0 bridgehead atoms. The van der Waals surface area contributed by atoms with E-state index in [0.29, 0.717) is 38.4 Å². The number of hydrogen-bond acceptors (Lipinski definition) is 4. The SMILES string of the molecule is CCc1cn[nH]c1NC(=O)C1(CN)CCOCC1. The number of carbonyl (C=O) groups excluding carboxylic acids is 1. The molecule has 1 aromatic heterocycles. The van der Waals surface area contributed by atoms with E-state index < -0.39 is 5.41 Å². The zero-order valence-electron chi connectivity index (χ0n) is 10.7. The Labute approximate surface area is 106 Å². The van der Waals surface area contributed by atoms with Gasteiger partial charge in [-0.05, 0) is 19.3 Å². The first kappa shape index (κ1) is 13.0. The van der Waals surface area contributed by atoms with Gasteiger partial charge in [0.25, 0.3) is 0 Å². The number of amides is 1.